The van der Waals surface area contributed by atoms with Crippen LogP contribution in [0.1, 0.15) is 25.8 Å². The number of rotatable bonds is 8. The molecule has 4 heterocycles. The molecule has 184 valence electrons. The standard InChI is InChI=1S/C25H30N6O4/c1-17(2)24(33)25(34)30-8-6-29(7-9-30)22-5-4-18(14-27-22)21-12-20(35-11-3-10-32)16-31-23(21)19(13-26)15-28-31/h4-5,12,14-17,24,32-33H,3,6-11H2,1-2H3/t24-/m1/s1. The van der Waals surface area contributed by atoms with Gasteiger partial charge in [0.2, 0.25) is 0 Å². The summed E-state index contributed by atoms with van der Waals surface area (Å²) in [4.78, 5) is 20.9. The fourth-order valence-corrected chi connectivity index (χ4v) is 4.09. The van der Waals surface area contributed by atoms with Crippen LogP contribution in [0.25, 0.3) is 16.6 Å². The predicted molar refractivity (Wildman–Crippen MR) is 130 cm³/mol. The van der Waals surface area contributed by atoms with E-state index in [9.17, 15) is 15.2 Å². The normalized spacial score (nSPS) is 14.9. The zero-order valence-electron chi connectivity index (χ0n) is 20.0. The van der Waals surface area contributed by atoms with E-state index in [1.54, 1.807) is 21.8 Å². The number of carbonyl (C=O) groups excluding carboxylic acids is 1. The Balaban J connectivity index is 1.53. The van der Waals surface area contributed by atoms with Crippen molar-refractivity contribution < 1.29 is 19.7 Å². The fraction of sp³-hybridized carbons (Fsp3) is 0.440. The van der Waals surface area contributed by atoms with Crippen molar-refractivity contribution in [2.45, 2.75) is 26.4 Å². The Morgan fingerprint density at radius 1 is 1.23 bits per heavy atom. The molecule has 0 aliphatic carbocycles. The third-order valence-electron chi connectivity index (χ3n) is 6.14. The Bertz CT molecular complexity index is 1210. The molecular formula is C25H30N6O4. The molecule has 0 aromatic carbocycles. The Kier molecular flexibility index (Phi) is 7.48. The summed E-state index contributed by atoms with van der Waals surface area (Å²) >= 11 is 0. The van der Waals surface area contributed by atoms with Crippen LogP contribution in [0.5, 0.6) is 5.75 Å². The lowest BCUT2D eigenvalue weighted by Gasteiger charge is -2.36. The summed E-state index contributed by atoms with van der Waals surface area (Å²) in [5.41, 5.74) is 2.72. The summed E-state index contributed by atoms with van der Waals surface area (Å²) in [7, 11) is 0. The van der Waals surface area contributed by atoms with Gasteiger partial charge in [0, 0.05) is 56.5 Å². The van der Waals surface area contributed by atoms with E-state index in [1.165, 1.54) is 6.20 Å². The first kappa shape index (κ1) is 24.4. The van der Waals surface area contributed by atoms with Crippen molar-refractivity contribution in [3.63, 3.8) is 0 Å². The van der Waals surface area contributed by atoms with Crippen molar-refractivity contribution in [2.75, 3.05) is 44.3 Å². The lowest BCUT2D eigenvalue weighted by atomic mass is 10.0. The maximum Gasteiger partial charge on any atom is 0.251 e. The molecule has 1 aliphatic heterocycles. The van der Waals surface area contributed by atoms with Crippen LogP contribution in [0.15, 0.2) is 36.8 Å². The summed E-state index contributed by atoms with van der Waals surface area (Å²) in [6.07, 6.45) is 4.55. The third kappa shape index (κ3) is 5.21. The third-order valence-corrected chi connectivity index (χ3v) is 6.14. The first-order valence-electron chi connectivity index (χ1n) is 11.8. The SMILES string of the molecule is CC(C)[C@@H](O)C(=O)N1CCN(c2ccc(-c3cc(OCCCO)cn4ncc(C#N)c34)cn2)CC1. The molecule has 35 heavy (non-hydrogen) atoms. The average molecular weight is 479 g/mol. The van der Waals surface area contributed by atoms with E-state index in [0.29, 0.717) is 56.0 Å². The highest BCUT2D eigenvalue weighted by atomic mass is 16.5. The van der Waals surface area contributed by atoms with Crippen LogP contribution in [0.3, 0.4) is 0 Å². The van der Waals surface area contributed by atoms with Crippen LogP contribution < -0.4 is 9.64 Å². The molecule has 0 saturated carbocycles. The lowest BCUT2D eigenvalue weighted by Crippen LogP contribution is -2.52. The van der Waals surface area contributed by atoms with Gasteiger partial charge in [-0.1, -0.05) is 13.8 Å². The summed E-state index contributed by atoms with van der Waals surface area (Å²) in [5, 5.41) is 32.9. The highest BCUT2D eigenvalue weighted by molar-refractivity contribution is 5.85. The number of fused-ring (bicyclic) bond motifs is 1. The van der Waals surface area contributed by atoms with Gasteiger partial charge in [-0.2, -0.15) is 10.4 Å². The van der Waals surface area contributed by atoms with E-state index >= 15 is 0 Å². The molecule has 2 N–H and O–H groups in total. The number of piperazine rings is 1. The Labute approximate surface area is 204 Å². The van der Waals surface area contributed by atoms with Crippen molar-refractivity contribution in [1.82, 2.24) is 19.5 Å². The molecule has 1 atom stereocenters. The van der Waals surface area contributed by atoms with E-state index in [2.05, 4.69) is 21.1 Å². The van der Waals surface area contributed by atoms with Crippen molar-refractivity contribution in [1.29, 1.82) is 5.26 Å². The minimum atomic E-state index is -0.971. The number of hydrogen-bond acceptors (Lipinski definition) is 8. The molecule has 0 bridgehead atoms. The number of aliphatic hydroxyl groups excluding tert-OH is 2. The van der Waals surface area contributed by atoms with E-state index in [0.717, 1.165) is 16.9 Å². The molecule has 10 heteroatoms. The summed E-state index contributed by atoms with van der Waals surface area (Å²) in [6, 6.07) is 7.92. The largest absolute Gasteiger partial charge is 0.492 e. The van der Waals surface area contributed by atoms with Gasteiger partial charge in [0.05, 0.1) is 30.1 Å². The van der Waals surface area contributed by atoms with E-state index in [4.69, 9.17) is 9.84 Å². The van der Waals surface area contributed by atoms with E-state index in [-0.39, 0.29) is 18.4 Å². The number of carbonyl (C=O) groups is 1. The van der Waals surface area contributed by atoms with Crippen molar-refractivity contribution in [2.24, 2.45) is 5.92 Å². The second-order valence-electron chi connectivity index (χ2n) is 8.88. The van der Waals surface area contributed by atoms with Crippen LogP contribution in [-0.4, -0.2) is 81.1 Å². The molecule has 1 saturated heterocycles. The summed E-state index contributed by atoms with van der Waals surface area (Å²) in [5.74, 6) is 1.05. The van der Waals surface area contributed by atoms with Crippen LogP contribution >= 0.6 is 0 Å². The number of pyridine rings is 2. The lowest BCUT2D eigenvalue weighted by molar-refractivity contribution is -0.142. The molecule has 1 amide bonds. The van der Waals surface area contributed by atoms with Gasteiger partial charge in [0.25, 0.3) is 5.91 Å². The number of nitrogens with zero attached hydrogens (tertiary/aromatic N) is 6. The molecule has 1 aliphatic rings. The van der Waals surface area contributed by atoms with Crippen LogP contribution in [0.2, 0.25) is 0 Å². The van der Waals surface area contributed by atoms with E-state index < -0.39 is 6.10 Å². The molecule has 0 spiro atoms. The number of hydrogen-bond donors (Lipinski definition) is 2. The Morgan fingerprint density at radius 2 is 2.00 bits per heavy atom. The van der Waals surface area contributed by atoms with Gasteiger partial charge in [0.1, 0.15) is 23.7 Å². The maximum absolute atomic E-state index is 12.4. The number of aliphatic hydroxyl groups is 2. The first-order chi connectivity index (χ1) is 16.9. The minimum Gasteiger partial charge on any atom is -0.492 e. The molecule has 3 aromatic heterocycles. The molecule has 4 rings (SSSR count). The van der Waals surface area contributed by atoms with E-state index in [1.807, 2.05) is 32.0 Å². The monoisotopic (exact) mass is 478 g/mol. The average Bonchev–Trinajstić information content (AvgIpc) is 3.31. The Hall–Kier alpha value is -3.68. The van der Waals surface area contributed by atoms with Crippen molar-refractivity contribution in [3.05, 3.63) is 42.4 Å². The minimum absolute atomic E-state index is 0.0432. The summed E-state index contributed by atoms with van der Waals surface area (Å²) < 4.78 is 7.38. The molecule has 0 radical (unpaired) electrons. The topological polar surface area (TPSA) is 127 Å². The number of amides is 1. The van der Waals surface area contributed by atoms with Gasteiger partial charge in [0.15, 0.2) is 0 Å². The Morgan fingerprint density at radius 3 is 2.63 bits per heavy atom. The van der Waals surface area contributed by atoms with Crippen molar-refractivity contribution in [3.8, 4) is 22.9 Å². The molecule has 3 aromatic rings. The molecule has 0 unspecified atom stereocenters. The second kappa shape index (κ2) is 10.7. The summed E-state index contributed by atoms with van der Waals surface area (Å²) in [6.45, 7) is 6.39. The van der Waals surface area contributed by atoms with Gasteiger partial charge in [-0.15, -0.1) is 0 Å². The molecule has 10 nitrogen and oxygen atoms in total. The zero-order chi connectivity index (χ0) is 24.9. The van der Waals surface area contributed by atoms with Crippen LogP contribution in [0.4, 0.5) is 5.82 Å². The molecule has 1 fully saturated rings. The number of ether oxygens (including phenoxy) is 1. The first-order valence-corrected chi connectivity index (χ1v) is 11.8. The zero-order valence-corrected chi connectivity index (χ0v) is 20.0. The van der Waals surface area contributed by atoms with Crippen molar-refractivity contribution >= 4 is 17.2 Å². The molecular weight excluding hydrogens is 448 g/mol. The fourth-order valence-electron chi connectivity index (χ4n) is 4.09. The van der Waals surface area contributed by atoms with Gasteiger partial charge >= 0.3 is 0 Å². The maximum atomic E-state index is 12.4. The van der Waals surface area contributed by atoms with Gasteiger partial charge < -0.3 is 24.7 Å². The van der Waals surface area contributed by atoms with Gasteiger partial charge in [-0.25, -0.2) is 9.50 Å². The number of nitriles is 1. The second-order valence-corrected chi connectivity index (χ2v) is 8.88. The van der Waals surface area contributed by atoms with Crippen LogP contribution in [0, 0.1) is 17.2 Å². The van der Waals surface area contributed by atoms with Gasteiger partial charge in [-0.05, 0) is 24.1 Å². The smallest absolute Gasteiger partial charge is 0.251 e. The van der Waals surface area contributed by atoms with Gasteiger partial charge in [-0.3, -0.25) is 4.79 Å². The highest BCUT2D eigenvalue weighted by Crippen LogP contribution is 2.31. The quantitative estimate of drug-likeness (QED) is 0.468. The number of aromatic nitrogens is 3. The van der Waals surface area contributed by atoms with Crippen LogP contribution in [-0.2, 0) is 4.79 Å². The highest BCUT2D eigenvalue weighted by Gasteiger charge is 2.28. The predicted octanol–water partition coefficient (Wildman–Crippen LogP) is 1.69. The number of anilines is 1.